The van der Waals surface area contributed by atoms with Gasteiger partial charge >= 0.3 is 0 Å². The monoisotopic (exact) mass is 183 g/mol. The van der Waals surface area contributed by atoms with Gasteiger partial charge in [-0.1, -0.05) is 25.9 Å². The van der Waals surface area contributed by atoms with Gasteiger partial charge in [-0.2, -0.15) is 0 Å². The van der Waals surface area contributed by atoms with Crippen molar-refractivity contribution in [1.29, 1.82) is 0 Å². The lowest BCUT2D eigenvalue weighted by molar-refractivity contribution is 0.200. The Hall–Kier alpha value is -0.830. The van der Waals surface area contributed by atoms with Gasteiger partial charge in [0.2, 0.25) is 0 Å². The second-order valence-corrected chi connectivity index (χ2v) is 4.17. The molecule has 0 radical (unpaired) electrons. The van der Waals surface area contributed by atoms with Gasteiger partial charge in [-0.15, -0.1) is 0 Å². The van der Waals surface area contributed by atoms with Crippen LogP contribution >= 0.6 is 0 Å². The Balaban J connectivity index is 2.77. The largest absolute Gasteiger partial charge is 0.384 e. The van der Waals surface area contributed by atoms with Gasteiger partial charge in [-0.25, -0.2) is 0 Å². The molecule has 3 nitrogen and oxygen atoms in total. The van der Waals surface area contributed by atoms with Crippen molar-refractivity contribution in [2.24, 2.45) is 0 Å². The summed E-state index contributed by atoms with van der Waals surface area (Å²) in [6, 6.07) is 0. The summed E-state index contributed by atoms with van der Waals surface area (Å²) < 4.78 is 9.96. The lowest BCUT2D eigenvalue weighted by Crippen LogP contribution is -2.13. The van der Waals surface area contributed by atoms with E-state index in [4.69, 9.17) is 9.26 Å². The molecule has 0 fully saturated rings. The molecule has 0 aliphatic heterocycles. The van der Waals surface area contributed by atoms with Gasteiger partial charge in [0, 0.05) is 19.1 Å². The average Bonchev–Trinajstić information content (AvgIpc) is 2.47. The van der Waals surface area contributed by atoms with Crippen LogP contribution in [0.5, 0.6) is 0 Å². The Bertz CT molecular complexity index is 260. The van der Waals surface area contributed by atoms with E-state index in [2.05, 4.69) is 25.9 Å². The predicted molar refractivity (Wildman–Crippen MR) is 50.8 cm³/mol. The summed E-state index contributed by atoms with van der Waals surface area (Å²) in [5.74, 6) is 0. The van der Waals surface area contributed by atoms with E-state index in [1.165, 1.54) is 5.56 Å². The normalized spacial score (nSPS) is 12.0. The number of hydrogen-bond donors (Lipinski definition) is 0. The van der Waals surface area contributed by atoms with E-state index >= 15 is 0 Å². The van der Waals surface area contributed by atoms with E-state index in [0.717, 1.165) is 12.1 Å². The molecule has 0 spiro atoms. The van der Waals surface area contributed by atoms with Crippen LogP contribution in [0.25, 0.3) is 0 Å². The lowest BCUT2D eigenvalue weighted by atomic mass is 9.87. The summed E-state index contributed by atoms with van der Waals surface area (Å²) in [7, 11) is 1.69. The Morgan fingerprint density at radius 3 is 2.69 bits per heavy atom. The van der Waals surface area contributed by atoms with Crippen LogP contribution in [0.1, 0.15) is 32.0 Å². The molecule has 0 N–H and O–H groups in total. The summed E-state index contributed by atoms with van der Waals surface area (Å²) in [6.07, 6.45) is 2.55. The Kier molecular flexibility index (Phi) is 3.09. The van der Waals surface area contributed by atoms with E-state index in [1.807, 2.05) is 0 Å². The van der Waals surface area contributed by atoms with Crippen LogP contribution in [0.4, 0.5) is 0 Å². The van der Waals surface area contributed by atoms with Crippen LogP contribution in [0, 0.1) is 0 Å². The van der Waals surface area contributed by atoms with E-state index in [1.54, 1.807) is 13.4 Å². The molecule has 0 saturated carbocycles. The van der Waals surface area contributed by atoms with Crippen molar-refractivity contribution < 1.29 is 9.26 Å². The molecule has 0 aromatic carbocycles. The topological polar surface area (TPSA) is 35.3 Å². The zero-order valence-electron chi connectivity index (χ0n) is 8.76. The fourth-order valence-corrected chi connectivity index (χ4v) is 1.25. The van der Waals surface area contributed by atoms with Crippen molar-refractivity contribution in [2.75, 3.05) is 13.7 Å². The third-order valence-electron chi connectivity index (χ3n) is 2.00. The standard InChI is InChI=1S/C10H17NO2/c1-10(2,3)8-7-13-11-9(8)5-6-12-4/h7H,5-6H2,1-4H3. The number of nitrogens with zero attached hydrogens (tertiary/aromatic N) is 1. The number of ether oxygens (including phenoxy) is 1. The summed E-state index contributed by atoms with van der Waals surface area (Å²) in [5, 5.41) is 3.97. The Morgan fingerprint density at radius 1 is 1.46 bits per heavy atom. The fraction of sp³-hybridized carbons (Fsp3) is 0.700. The second kappa shape index (κ2) is 3.92. The van der Waals surface area contributed by atoms with Gasteiger partial charge < -0.3 is 9.26 Å². The molecule has 0 aliphatic rings. The van der Waals surface area contributed by atoms with Crippen molar-refractivity contribution in [3.05, 3.63) is 17.5 Å². The molecular weight excluding hydrogens is 166 g/mol. The predicted octanol–water partition coefficient (Wildman–Crippen LogP) is 2.16. The zero-order valence-corrected chi connectivity index (χ0v) is 8.76. The highest BCUT2D eigenvalue weighted by Crippen LogP contribution is 2.25. The van der Waals surface area contributed by atoms with Gasteiger partial charge in [-0.05, 0) is 5.41 Å². The first-order valence-electron chi connectivity index (χ1n) is 4.48. The summed E-state index contributed by atoms with van der Waals surface area (Å²) in [4.78, 5) is 0. The molecule has 74 valence electrons. The van der Waals surface area contributed by atoms with Crippen LogP contribution in [-0.4, -0.2) is 18.9 Å². The summed E-state index contributed by atoms with van der Waals surface area (Å²) in [5.41, 5.74) is 2.28. The molecule has 13 heavy (non-hydrogen) atoms. The van der Waals surface area contributed by atoms with Crippen molar-refractivity contribution in [2.45, 2.75) is 32.6 Å². The Labute approximate surface area is 79.1 Å². The third-order valence-corrected chi connectivity index (χ3v) is 2.00. The highest BCUT2D eigenvalue weighted by molar-refractivity contribution is 5.23. The maximum absolute atomic E-state index is 5.00. The van der Waals surface area contributed by atoms with Gasteiger partial charge in [-0.3, -0.25) is 0 Å². The Morgan fingerprint density at radius 2 is 2.15 bits per heavy atom. The molecule has 1 rings (SSSR count). The molecule has 0 bridgehead atoms. The van der Waals surface area contributed by atoms with Crippen LogP contribution in [0.3, 0.4) is 0 Å². The first-order valence-corrected chi connectivity index (χ1v) is 4.48. The van der Waals surface area contributed by atoms with E-state index in [0.29, 0.717) is 6.61 Å². The molecule has 0 saturated heterocycles. The van der Waals surface area contributed by atoms with Crippen LogP contribution in [-0.2, 0) is 16.6 Å². The maximum Gasteiger partial charge on any atom is 0.127 e. The molecule has 0 amide bonds. The first kappa shape index (κ1) is 10.3. The number of methoxy groups -OCH3 is 1. The van der Waals surface area contributed by atoms with Crippen molar-refractivity contribution in [1.82, 2.24) is 5.16 Å². The molecule has 1 aromatic heterocycles. The molecule has 0 aliphatic carbocycles. The molecular formula is C10H17NO2. The van der Waals surface area contributed by atoms with E-state index in [9.17, 15) is 0 Å². The smallest absolute Gasteiger partial charge is 0.127 e. The minimum atomic E-state index is 0.100. The number of rotatable bonds is 3. The first-order chi connectivity index (χ1) is 6.05. The summed E-state index contributed by atoms with van der Waals surface area (Å²) >= 11 is 0. The fourth-order valence-electron chi connectivity index (χ4n) is 1.25. The van der Waals surface area contributed by atoms with E-state index in [-0.39, 0.29) is 5.41 Å². The SMILES string of the molecule is COCCc1nocc1C(C)(C)C. The van der Waals surface area contributed by atoms with Gasteiger partial charge in [0.05, 0.1) is 12.3 Å². The third kappa shape index (κ3) is 2.56. The molecule has 0 unspecified atom stereocenters. The highest BCUT2D eigenvalue weighted by Gasteiger charge is 2.20. The zero-order chi connectivity index (χ0) is 9.90. The quantitative estimate of drug-likeness (QED) is 0.720. The van der Waals surface area contributed by atoms with E-state index < -0.39 is 0 Å². The summed E-state index contributed by atoms with van der Waals surface area (Å²) in [6.45, 7) is 7.14. The average molecular weight is 183 g/mol. The number of hydrogen-bond acceptors (Lipinski definition) is 3. The molecule has 0 atom stereocenters. The molecule has 3 heteroatoms. The maximum atomic E-state index is 5.00. The van der Waals surface area contributed by atoms with Crippen LogP contribution in [0.15, 0.2) is 10.8 Å². The minimum absolute atomic E-state index is 0.100. The molecule has 1 heterocycles. The van der Waals surface area contributed by atoms with Crippen LogP contribution in [0.2, 0.25) is 0 Å². The van der Waals surface area contributed by atoms with Gasteiger partial charge in [0.15, 0.2) is 0 Å². The second-order valence-electron chi connectivity index (χ2n) is 4.17. The highest BCUT2D eigenvalue weighted by atomic mass is 16.5. The lowest BCUT2D eigenvalue weighted by Gasteiger charge is -2.16. The van der Waals surface area contributed by atoms with Gasteiger partial charge in [0.1, 0.15) is 6.26 Å². The van der Waals surface area contributed by atoms with Crippen molar-refractivity contribution in [3.8, 4) is 0 Å². The van der Waals surface area contributed by atoms with Crippen molar-refractivity contribution in [3.63, 3.8) is 0 Å². The molecule has 1 aromatic rings. The minimum Gasteiger partial charge on any atom is -0.384 e. The van der Waals surface area contributed by atoms with Gasteiger partial charge in [0.25, 0.3) is 0 Å². The number of aromatic nitrogens is 1. The van der Waals surface area contributed by atoms with Crippen molar-refractivity contribution >= 4 is 0 Å². The van der Waals surface area contributed by atoms with Crippen LogP contribution < -0.4 is 0 Å².